The fourth-order valence-corrected chi connectivity index (χ4v) is 0.559. The Balaban J connectivity index is 4.61. The van der Waals surface area contributed by atoms with Gasteiger partial charge < -0.3 is 0 Å². The molecule has 0 aromatic heterocycles. The van der Waals surface area contributed by atoms with Gasteiger partial charge in [-0.2, -0.15) is 0 Å². The van der Waals surface area contributed by atoms with Crippen LogP contribution in [0.15, 0.2) is 41.6 Å². The number of allylic oxidation sites excluding steroid dienone is 3. The first-order valence-corrected chi connectivity index (χ1v) is 3.20. The molecule has 0 radical (unpaired) electrons. The van der Waals surface area contributed by atoms with E-state index in [1.165, 1.54) is 0 Å². The van der Waals surface area contributed by atoms with Crippen LogP contribution < -0.4 is 0 Å². The van der Waals surface area contributed by atoms with Crippen LogP contribution >= 0.6 is 0 Å². The molecule has 0 aromatic carbocycles. The minimum atomic E-state index is 0.887. The fourth-order valence-electron chi connectivity index (χ4n) is 0.559. The number of hydrogen-bond donors (Lipinski definition) is 0. The molecule has 0 aliphatic rings. The molecule has 10 heavy (non-hydrogen) atoms. The van der Waals surface area contributed by atoms with Crippen molar-refractivity contribution < 1.29 is 0 Å². The lowest BCUT2D eigenvalue weighted by Crippen LogP contribution is -1.77. The summed E-state index contributed by atoms with van der Waals surface area (Å²) in [5.74, 6) is 0. The normalized spacial score (nSPS) is 13.0. The van der Waals surface area contributed by atoms with Crippen molar-refractivity contribution in [3.8, 4) is 0 Å². The molecule has 1 heteroatoms. The Morgan fingerprint density at radius 3 is 2.20 bits per heavy atom. The summed E-state index contributed by atoms with van der Waals surface area (Å²) in [6.07, 6.45) is 5.23. The second-order valence-electron chi connectivity index (χ2n) is 1.86. The smallest absolute Gasteiger partial charge is 0.0648 e. The SMILES string of the molecule is C=C/C(C)=C(\C=C)N=CC. The number of rotatable bonds is 3. The van der Waals surface area contributed by atoms with Gasteiger partial charge >= 0.3 is 0 Å². The number of hydrogen-bond acceptors (Lipinski definition) is 1. The van der Waals surface area contributed by atoms with Crippen molar-refractivity contribution in [2.24, 2.45) is 4.99 Å². The number of aliphatic imine (C=N–C) groups is 1. The van der Waals surface area contributed by atoms with E-state index in [2.05, 4.69) is 18.2 Å². The van der Waals surface area contributed by atoms with E-state index in [0.717, 1.165) is 11.3 Å². The molecule has 0 aromatic rings. The van der Waals surface area contributed by atoms with Gasteiger partial charge in [-0.1, -0.05) is 19.2 Å². The Hall–Kier alpha value is -1.11. The van der Waals surface area contributed by atoms with Crippen LogP contribution in [-0.4, -0.2) is 6.21 Å². The molecule has 54 valence electrons. The van der Waals surface area contributed by atoms with E-state index in [9.17, 15) is 0 Å². The predicted octanol–water partition coefficient (Wildman–Crippen LogP) is 2.72. The summed E-state index contributed by atoms with van der Waals surface area (Å²) in [5, 5.41) is 0. The van der Waals surface area contributed by atoms with Crippen molar-refractivity contribution in [2.45, 2.75) is 13.8 Å². The van der Waals surface area contributed by atoms with Crippen LogP contribution in [0.3, 0.4) is 0 Å². The topological polar surface area (TPSA) is 12.4 Å². The second-order valence-corrected chi connectivity index (χ2v) is 1.86. The van der Waals surface area contributed by atoms with Crippen LogP contribution in [0.1, 0.15) is 13.8 Å². The molecule has 0 aliphatic heterocycles. The minimum Gasteiger partial charge on any atom is -0.261 e. The Morgan fingerprint density at radius 1 is 1.30 bits per heavy atom. The van der Waals surface area contributed by atoms with Crippen molar-refractivity contribution in [1.29, 1.82) is 0 Å². The Labute approximate surface area is 62.5 Å². The van der Waals surface area contributed by atoms with Crippen LogP contribution in [0.5, 0.6) is 0 Å². The van der Waals surface area contributed by atoms with Crippen molar-refractivity contribution >= 4 is 6.21 Å². The van der Waals surface area contributed by atoms with Gasteiger partial charge in [0, 0.05) is 6.21 Å². The highest BCUT2D eigenvalue weighted by atomic mass is 14.7. The lowest BCUT2D eigenvalue weighted by atomic mass is 10.2. The van der Waals surface area contributed by atoms with Gasteiger partial charge in [-0.3, -0.25) is 4.99 Å². The average molecular weight is 135 g/mol. The first-order chi connectivity index (χ1) is 4.76. The van der Waals surface area contributed by atoms with Gasteiger partial charge in [0.05, 0.1) is 5.70 Å². The third kappa shape index (κ3) is 2.44. The molecular weight excluding hydrogens is 122 g/mol. The van der Waals surface area contributed by atoms with E-state index in [1.807, 2.05) is 13.8 Å². The summed E-state index contributed by atoms with van der Waals surface area (Å²) in [4.78, 5) is 4.08. The van der Waals surface area contributed by atoms with Crippen molar-refractivity contribution in [2.75, 3.05) is 0 Å². The van der Waals surface area contributed by atoms with E-state index >= 15 is 0 Å². The Morgan fingerprint density at radius 2 is 1.90 bits per heavy atom. The molecule has 0 rings (SSSR count). The zero-order valence-corrected chi connectivity index (χ0v) is 6.59. The predicted molar refractivity (Wildman–Crippen MR) is 47.3 cm³/mol. The highest BCUT2D eigenvalue weighted by Crippen LogP contribution is 2.06. The molecule has 0 atom stereocenters. The molecule has 0 aliphatic carbocycles. The highest BCUT2D eigenvalue weighted by Gasteiger charge is 1.88. The van der Waals surface area contributed by atoms with Gasteiger partial charge in [-0.05, 0) is 25.5 Å². The molecule has 0 amide bonds. The molecule has 0 heterocycles. The maximum atomic E-state index is 4.08. The molecule has 0 saturated carbocycles. The summed E-state index contributed by atoms with van der Waals surface area (Å²) in [7, 11) is 0. The number of nitrogens with zero attached hydrogens (tertiary/aromatic N) is 1. The van der Waals surface area contributed by atoms with Gasteiger partial charge in [0.25, 0.3) is 0 Å². The van der Waals surface area contributed by atoms with Crippen molar-refractivity contribution in [1.82, 2.24) is 0 Å². The van der Waals surface area contributed by atoms with E-state index in [1.54, 1.807) is 18.4 Å². The Kier molecular flexibility index (Phi) is 4.21. The van der Waals surface area contributed by atoms with Crippen molar-refractivity contribution in [3.05, 3.63) is 36.6 Å². The molecular formula is C9H13N. The lowest BCUT2D eigenvalue weighted by molar-refractivity contribution is 1.32. The molecule has 0 saturated heterocycles. The zero-order chi connectivity index (χ0) is 7.98. The van der Waals surface area contributed by atoms with Gasteiger partial charge in [0.15, 0.2) is 0 Å². The molecule has 0 spiro atoms. The van der Waals surface area contributed by atoms with Crippen LogP contribution in [0, 0.1) is 0 Å². The first kappa shape index (κ1) is 8.89. The minimum absolute atomic E-state index is 0.887. The van der Waals surface area contributed by atoms with E-state index in [0.29, 0.717) is 0 Å². The van der Waals surface area contributed by atoms with Crippen LogP contribution in [0.25, 0.3) is 0 Å². The molecule has 0 unspecified atom stereocenters. The van der Waals surface area contributed by atoms with E-state index in [-0.39, 0.29) is 0 Å². The van der Waals surface area contributed by atoms with E-state index in [4.69, 9.17) is 0 Å². The standard InChI is InChI=1S/C9H13N/c1-5-8(4)9(6-2)10-7-3/h5-7H,1-2H2,3-4H3/b9-8+,10-7?. The summed E-state index contributed by atoms with van der Waals surface area (Å²) >= 11 is 0. The molecule has 0 bridgehead atoms. The summed E-state index contributed by atoms with van der Waals surface area (Å²) < 4.78 is 0. The molecule has 1 nitrogen and oxygen atoms in total. The summed E-state index contributed by atoms with van der Waals surface area (Å²) in [6, 6.07) is 0. The largest absolute Gasteiger partial charge is 0.261 e. The fraction of sp³-hybridized carbons (Fsp3) is 0.222. The van der Waals surface area contributed by atoms with Gasteiger partial charge in [-0.15, -0.1) is 0 Å². The average Bonchev–Trinajstić information content (AvgIpc) is 1.99. The van der Waals surface area contributed by atoms with Crippen LogP contribution in [-0.2, 0) is 0 Å². The molecule has 0 N–H and O–H groups in total. The van der Waals surface area contributed by atoms with Gasteiger partial charge in [0.1, 0.15) is 0 Å². The molecule has 0 fully saturated rings. The third-order valence-corrected chi connectivity index (χ3v) is 1.17. The van der Waals surface area contributed by atoms with Gasteiger partial charge in [-0.25, -0.2) is 0 Å². The van der Waals surface area contributed by atoms with Crippen molar-refractivity contribution in [3.63, 3.8) is 0 Å². The highest BCUT2D eigenvalue weighted by molar-refractivity contribution is 5.56. The van der Waals surface area contributed by atoms with Crippen LogP contribution in [0.2, 0.25) is 0 Å². The first-order valence-electron chi connectivity index (χ1n) is 3.20. The summed E-state index contributed by atoms with van der Waals surface area (Å²) in [5.41, 5.74) is 1.94. The third-order valence-electron chi connectivity index (χ3n) is 1.17. The van der Waals surface area contributed by atoms with Gasteiger partial charge in [0.2, 0.25) is 0 Å². The second kappa shape index (κ2) is 4.74. The van der Waals surface area contributed by atoms with Crippen LogP contribution in [0.4, 0.5) is 0 Å². The van der Waals surface area contributed by atoms with E-state index < -0.39 is 0 Å². The maximum absolute atomic E-state index is 4.08. The Bertz CT molecular complexity index is 185. The zero-order valence-electron chi connectivity index (χ0n) is 6.59. The maximum Gasteiger partial charge on any atom is 0.0648 e. The monoisotopic (exact) mass is 135 g/mol. The lowest BCUT2D eigenvalue weighted by Gasteiger charge is -1.94. The summed E-state index contributed by atoms with van der Waals surface area (Å²) in [6.45, 7) is 11.1. The quantitative estimate of drug-likeness (QED) is 0.417.